The molecule has 1 heterocycles. The zero-order chi connectivity index (χ0) is 15.9. The Morgan fingerprint density at radius 1 is 1.23 bits per heavy atom. The molecule has 1 aliphatic rings. The molecule has 0 spiro atoms. The number of ketones is 1. The second kappa shape index (κ2) is 7.75. The molecule has 1 unspecified atom stereocenters. The highest BCUT2D eigenvalue weighted by molar-refractivity contribution is 5.93. The molecule has 0 saturated carbocycles. The molecule has 22 heavy (non-hydrogen) atoms. The fourth-order valence-corrected chi connectivity index (χ4v) is 2.45. The lowest BCUT2D eigenvalue weighted by atomic mass is 10.1. The van der Waals surface area contributed by atoms with E-state index < -0.39 is 0 Å². The summed E-state index contributed by atoms with van der Waals surface area (Å²) in [6.07, 6.45) is 1.05. The molecule has 0 aromatic heterocycles. The average Bonchev–Trinajstić information content (AvgIpc) is 2.59. The first kappa shape index (κ1) is 16.2. The van der Waals surface area contributed by atoms with Gasteiger partial charge in [-0.3, -0.25) is 9.69 Å². The maximum absolute atomic E-state index is 12.0. The van der Waals surface area contributed by atoms with E-state index in [1.165, 1.54) is 6.08 Å². The van der Waals surface area contributed by atoms with Crippen LogP contribution in [0.3, 0.4) is 0 Å². The Bertz CT molecular complexity index is 522. The summed E-state index contributed by atoms with van der Waals surface area (Å²) in [6.45, 7) is 8.14. The van der Waals surface area contributed by atoms with E-state index >= 15 is 0 Å². The van der Waals surface area contributed by atoms with Crippen molar-refractivity contribution in [2.75, 3.05) is 26.2 Å². The quantitative estimate of drug-likeness (QED) is 0.782. The van der Waals surface area contributed by atoms with Gasteiger partial charge >= 0.3 is 6.09 Å². The van der Waals surface area contributed by atoms with E-state index in [0.29, 0.717) is 26.2 Å². The van der Waals surface area contributed by atoms with Crippen molar-refractivity contribution in [1.82, 2.24) is 9.80 Å². The van der Waals surface area contributed by atoms with Crippen LogP contribution in [0.4, 0.5) is 4.79 Å². The van der Waals surface area contributed by atoms with Crippen molar-refractivity contribution in [3.8, 4) is 0 Å². The van der Waals surface area contributed by atoms with Crippen LogP contribution in [0.15, 0.2) is 43.0 Å². The molecule has 1 aromatic carbocycles. The number of benzene rings is 1. The molecule has 1 aliphatic heterocycles. The summed E-state index contributed by atoms with van der Waals surface area (Å²) >= 11 is 0. The molecule has 118 valence electrons. The lowest BCUT2D eigenvalue weighted by Gasteiger charge is -2.36. The van der Waals surface area contributed by atoms with Gasteiger partial charge in [0.05, 0.1) is 6.04 Å². The van der Waals surface area contributed by atoms with Gasteiger partial charge in [-0.15, -0.1) is 0 Å². The molecule has 5 nitrogen and oxygen atoms in total. The number of rotatable bonds is 5. The smallest absolute Gasteiger partial charge is 0.410 e. The topological polar surface area (TPSA) is 49.9 Å². The first-order valence-corrected chi connectivity index (χ1v) is 7.47. The van der Waals surface area contributed by atoms with Crippen LogP contribution < -0.4 is 0 Å². The first-order chi connectivity index (χ1) is 10.6. The predicted molar refractivity (Wildman–Crippen MR) is 84.4 cm³/mol. The normalized spacial score (nSPS) is 16.9. The van der Waals surface area contributed by atoms with Gasteiger partial charge in [0.2, 0.25) is 0 Å². The molecule has 0 N–H and O–H groups in total. The number of amides is 1. The number of hydrogen-bond acceptors (Lipinski definition) is 4. The second-order valence-corrected chi connectivity index (χ2v) is 5.35. The van der Waals surface area contributed by atoms with Gasteiger partial charge in [0.15, 0.2) is 5.78 Å². The van der Waals surface area contributed by atoms with Crippen LogP contribution in [0.5, 0.6) is 0 Å². The van der Waals surface area contributed by atoms with Gasteiger partial charge < -0.3 is 9.64 Å². The molecule has 1 amide bonds. The number of carbonyl (C=O) groups excluding carboxylic acids is 2. The van der Waals surface area contributed by atoms with Crippen LogP contribution in [-0.4, -0.2) is 53.9 Å². The summed E-state index contributed by atoms with van der Waals surface area (Å²) in [5, 5.41) is 0. The monoisotopic (exact) mass is 302 g/mol. The molecular weight excluding hydrogens is 280 g/mol. The summed E-state index contributed by atoms with van der Waals surface area (Å²) in [6, 6.07) is 9.43. The molecule has 0 aliphatic carbocycles. The lowest BCUT2D eigenvalue weighted by Crippen LogP contribution is -2.53. The first-order valence-electron chi connectivity index (χ1n) is 7.47. The number of carbonyl (C=O) groups is 2. The minimum absolute atomic E-state index is 0.0140. The molecular formula is C17H22N2O3. The van der Waals surface area contributed by atoms with Crippen molar-refractivity contribution < 1.29 is 14.3 Å². The summed E-state index contributed by atoms with van der Waals surface area (Å²) in [4.78, 5) is 27.4. The molecule has 1 saturated heterocycles. The van der Waals surface area contributed by atoms with Crippen LogP contribution in [0, 0.1) is 0 Å². The largest absolute Gasteiger partial charge is 0.445 e. The van der Waals surface area contributed by atoms with Gasteiger partial charge in [-0.1, -0.05) is 36.9 Å². The average molecular weight is 302 g/mol. The number of piperazine rings is 1. The van der Waals surface area contributed by atoms with E-state index in [4.69, 9.17) is 4.74 Å². The van der Waals surface area contributed by atoms with Crippen molar-refractivity contribution in [3.05, 3.63) is 48.6 Å². The van der Waals surface area contributed by atoms with Gasteiger partial charge in [-0.05, 0) is 18.6 Å². The van der Waals surface area contributed by atoms with Crippen molar-refractivity contribution >= 4 is 11.9 Å². The van der Waals surface area contributed by atoms with Crippen molar-refractivity contribution in [2.45, 2.75) is 19.6 Å². The Kier molecular flexibility index (Phi) is 5.72. The zero-order valence-electron chi connectivity index (χ0n) is 12.9. The van der Waals surface area contributed by atoms with Gasteiger partial charge in [-0.2, -0.15) is 0 Å². The van der Waals surface area contributed by atoms with E-state index in [1.807, 2.05) is 37.3 Å². The Labute approximate surface area is 131 Å². The Morgan fingerprint density at radius 3 is 2.45 bits per heavy atom. The summed E-state index contributed by atoms with van der Waals surface area (Å²) < 4.78 is 5.32. The van der Waals surface area contributed by atoms with Gasteiger partial charge in [0.25, 0.3) is 0 Å². The number of ether oxygens (including phenoxy) is 1. The van der Waals surface area contributed by atoms with E-state index in [1.54, 1.807) is 4.90 Å². The number of hydrogen-bond donors (Lipinski definition) is 0. The summed E-state index contributed by atoms with van der Waals surface area (Å²) in [5.41, 5.74) is 0.972. The highest BCUT2D eigenvalue weighted by Gasteiger charge is 2.26. The highest BCUT2D eigenvalue weighted by Crippen LogP contribution is 2.10. The molecule has 1 fully saturated rings. The predicted octanol–water partition coefficient (Wildman–Crippen LogP) is 2.08. The van der Waals surface area contributed by atoms with Crippen LogP contribution in [-0.2, 0) is 16.1 Å². The maximum atomic E-state index is 12.0. The van der Waals surface area contributed by atoms with Crippen molar-refractivity contribution in [3.63, 3.8) is 0 Å². The third-order valence-corrected chi connectivity index (χ3v) is 3.94. The van der Waals surface area contributed by atoms with Crippen LogP contribution in [0.25, 0.3) is 0 Å². The van der Waals surface area contributed by atoms with Crippen LogP contribution in [0.2, 0.25) is 0 Å². The molecule has 1 aromatic rings. The van der Waals surface area contributed by atoms with E-state index in [2.05, 4.69) is 11.5 Å². The van der Waals surface area contributed by atoms with Crippen LogP contribution in [0.1, 0.15) is 12.5 Å². The van der Waals surface area contributed by atoms with E-state index in [9.17, 15) is 9.59 Å². The van der Waals surface area contributed by atoms with Crippen molar-refractivity contribution in [2.24, 2.45) is 0 Å². The van der Waals surface area contributed by atoms with E-state index in [0.717, 1.165) is 5.56 Å². The molecule has 0 bridgehead atoms. The third kappa shape index (κ3) is 4.18. The van der Waals surface area contributed by atoms with Gasteiger partial charge in [0, 0.05) is 26.2 Å². The SMILES string of the molecule is C=CC(=O)C(C)N1CCN(C(=O)OCc2ccccc2)CC1. The Balaban J connectivity index is 1.77. The zero-order valence-corrected chi connectivity index (χ0v) is 12.9. The lowest BCUT2D eigenvalue weighted by molar-refractivity contribution is -0.119. The molecule has 2 rings (SSSR count). The minimum Gasteiger partial charge on any atom is -0.445 e. The molecule has 1 atom stereocenters. The number of nitrogens with zero attached hydrogens (tertiary/aromatic N) is 2. The Morgan fingerprint density at radius 2 is 1.86 bits per heavy atom. The van der Waals surface area contributed by atoms with Gasteiger partial charge in [0.1, 0.15) is 6.61 Å². The second-order valence-electron chi connectivity index (χ2n) is 5.35. The van der Waals surface area contributed by atoms with Gasteiger partial charge in [-0.25, -0.2) is 4.79 Å². The summed E-state index contributed by atoms with van der Waals surface area (Å²) in [7, 11) is 0. The molecule has 5 heteroatoms. The highest BCUT2D eigenvalue weighted by atomic mass is 16.6. The fraction of sp³-hybridized carbons (Fsp3) is 0.412. The van der Waals surface area contributed by atoms with Crippen LogP contribution >= 0.6 is 0 Å². The third-order valence-electron chi connectivity index (χ3n) is 3.94. The summed E-state index contributed by atoms with van der Waals surface area (Å²) in [5.74, 6) is 0.0140. The van der Waals surface area contributed by atoms with E-state index in [-0.39, 0.29) is 24.5 Å². The molecule has 0 radical (unpaired) electrons. The van der Waals surface area contributed by atoms with Crippen molar-refractivity contribution in [1.29, 1.82) is 0 Å². The Hall–Kier alpha value is -2.14. The standard InChI is InChI=1S/C17H22N2O3/c1-3-16(20)14(2)18-9-11-19(12-10-18)17(21)22-13-15-7-5-4-6-8-15/h3-8,14H,1,9-13H2,2H3. The minimum atomic E-state index is -0.300. The maximum Gasteiger partial charge on any atom is 0.410 e. The fourth-order valence-electron chi connectivity index (χ4n) is 2.45.